The molecule has 3 aromatic carbocycles. The number of azo groups is 1. The zero-order valence-corrected chi connectivity index (χ0v) is 16.5. The number of hydrogen-bond donors (Lipinski definition) is 1. The number of nitrogens with zero attached hydrogens (tertiary/aromatic N) is 3. The van der Waals surface area contributed by atoms with Crippen LogP contribution in [0.5, 0.6) is 0 Å². The molecule has 0 unspecified atom stereocenters. The third-order valence-electron chi connectivity index (χ3n) is 4.89. The molecule has 0 aliphatic heterocycles. The van der Waals surface area contributed by atoms with Gasteiger partial charge in [-0.2, -0.15) is 5.26 Å². The van der Waals surface area contributed by atoms with Crippen LogP contribution < -0.4 is 14.8 Å². The summed E-state index contributed by atoms with van der Waals surface area (Å²) in [4.78, 5) is 15.7. The topological polar surface area (TPSA) is 81.4 Å². The number of benzene rings is 3. The van der Waals surface area contributed by atoms with Gasteiger partial charge in [0.1, 0.15) is 15.3 Å². The summed E-state index contributed by atoms with van der Waals surface area (Å²) in [5, 5.41) is 17.7. The van der Waals surface area contributed by atoms with E-state index in [4.69, 9.17) is 0 Å². The predicted octanol–water partition coefficient (Wildman–Crippen LogP) is 4.08. The van der Waals surface area contributed by atoms with E-state index in [1.165, 1.54) is 11.3 Å². The molecule has 1 heterocycles. The number of aromatic nitrogens is 1. The molecule has 1 aromatic heterocycles. The SMILES string of the molecule is N#C/C(N=Nc1ccccc1)=c1\[nH]c(=O)c(=C2c3ccccc3-c3ccccc32)s1. The minimum atomic E-state index is -0.237. The molecule has 5 rings (SSSR count). The number of nitrogens with one attached hydrogen (secondary N) is 1. The van der Waals surface area contributed by atoms with Crippen molar-refractivity contribution in [2.24, 2.45) is 10.2 Å². The molecule has 1 N–H and O–H groups in total. The van der Waals surface area contributed by atoms with Crippen molar-refractivity contribution >= 4 is 28.3 Å². The van der Waals surface area contributed by atoms with E-state index in [0.717, 1.165) is 27.8 Å². The van der Waals surface area contributed by atoms with Crippen molar-refractivity contribution in [3.63, 3.8) is 0 Å². The fraction of sp³-hybridized carbons (Fsp3) is 0. The van der Waals surface area contributed by atoms with Crippen molar-refractivity contribution in [3.8, 4) is 17.2 Å². The number of rotatable bonds is 2. The maximum atomic E-state index is 12.9. The maximum absolute atomic E-state index is 12.9. The lowest BCUT2D eigenvalue weighted by atomic mass is 10.1. The molecule has 0 saturated carbocycles. The second kappa shape index (κ2) is 7.39. The van der Waals surface area contributed by atoms with Crippen molar-refractivity contribution in [3.05, 3.63) is 110 Å². The predicted molar refractivity (Wildman–Crippen MR) is 118 cm³/mol. The van der Waals surface area contributed by atoms with Crippen molar-refractivity contribution in [1.29, 1.82) is 5.26 Å². The van der Waals surface area contributed by atoms with Crippen LogP contribution in [0.3, 0.4) is 0 Å². The van der Waals surface area contributed by atoms with E-state index in [1.54, 1.807) is 12.1 Å². The molecule has 142 valence electrons. The lowest BCUT2D eigenvalue weighted by Crippen LogP contribution is -2.23. The summed E-state index contributed by atoms with van der Waals surface area (Å²) >= 11 is 1.23. The van der Waals surface area contributed by atoms with Gasteiger partial charge in [0.05, 0.1) is 5.69 Å². The van der Waals surface area contributed by atoms with E-state index in [0.29, 0.717) is 14.9 Å². The largest absolute Gasteiger partial charge is 0.310 e. The molecule has 0 bridgehead atoms. The summed E-state index contributed by atoms with van der Waals surface area (Å²) in [5.74, 6) is 0. The molecule has 30 heavy (non-hydrogen) atoms. The molecular formula is C24H14N4OS. The summed E-state index contributed by atoms with van der Waals surface area (Å²) in [7, 11) is 0. The maximum Gasteiger partial charge on any atom is 0.267 e. The number of thiazole rings is 1. The first-order chi connectivity index (χ1) is 14.8. The molecule has 0 saturated heterocycles. The summed E-state index contributed by atoms with van der Waals surface area (Å²) in [6, 6.07) is 27.3. The lowest BCUT2D eigenvalue weighted by molar-refractivity contribution is 1.19. The van der Waals surface area contributed by atoms with E-state index in [1.807, 2.05) is 60.7 Å². The van der Waals surface area contributed by atoms with E-state index in [-0.39, 0.29) is 11.3 Å². The highest BCUT2D eigenvalue weighted by molar-refractivity contribution is 7.07. The second-order valence-electron chi connectivity index (χ2n) is 6.68. The van der Waals surface area contributed by atoms with Crippen molar-refractivity contribution < 1.29 is 0 Å². The Kier molecular flexibility index (Phi) is 4.43. The van der Waals surface area contributed by atoms with Crippen LogP contribution in [0, 0.1) is 11.3 Å². The minimum Gasteiger partial charge on any atom is -0.310 e. The molecule has 0 atom stereocenters. The van der Waals surface area contributed by atoms with Gasteiger partial charge in [0.15, 0.2) is 5.70 Å². The summed E-state index contributed by atoms with van der Waals surface area (Å²) in [5.41, 5.74) is 5.60. The number of hydrogen-bond acceptors (Lipinski definition) is 5. The van der Waals surface area contributed by atoms with E-state index in [9.17, 15) is 10.1 Å². The van der Waals surface area contributed by atoms with Crippen LogP contribution >= 0.6 is 11.3 Å². The zero-order chi connectivity index (χ0) is 20.5. The van der Waals surface area contributed by atoms with Gasteiger partial charge in [0, 0.05) is 5.57 Å². The first-order valence-electron chi connectivity index (χ1n) is 9.30. The molecule has 0 amide bonds. The van der Waals surface area contributed by atoms with Crippen molar-refractivity contribution in [2.45, 2.75) is 0 Å². The Morgan fingerprint density at radius 1 is 0.833 bits per heavy atom. The molecular weight excluding hydrogens is 392 g/mol. The summed E-state index contributed by atoms with van der Waals surface area (Å²) in [6.07, 6.45) is 0. The number of nitriles is 1. The third-order valence-corrected chi connectivity index (χ3v) is 5.98. The summed E-state index contributed by atoms with van der Waals surface area (Å²) in [6.45, 7) is 0. The first-order valence-corrected chi connectivity index (χ1v) is 10.1. The van der Waals surface area contributed by atoms with Gasteiger partial charge < -0.3 is 4.98 Å². The van der Waals surface area contributed by atoms with Crippen LogP contribution in [0.4, 0.5) is 5.69 Å². The van der Waals surface area contributed by atoms with Gasteiger partial charge in [-0.05, 0) is 34.4 Å². The van der Waals surface area contributed by atoms with Crippen LogP contribution in [-0.4, -0.2) is 4.98 Å². The van der Waals surface area contributed by atoms with Crippen molar-refractivity contribution in [1.82, 2.24) is 4.98 Å². The van der Waals surface area contributed by atoms with E-state index in [2.05, 4.69) is 27.3 Å². The van der Waals surface area contributed by atoms with Crippen LogP contribution in [-0.2, 0) is 0 Å². The first kappa shape index (κ1) is 18.0. The average Bonchev–Trinajstić information content (AvgIpc) is 3.32. The zero-order valence-electron chi connectivity index (χ0n) is 15.7. The van der Waals surface area contributed by atoms with Gasteiger partial charge in [0.25, 0.3) is 5.56 Å². The van der Waals surface area contributed by atoms with Crippen LogP contribution in [0.2, 0.25) is 0 Å². The number of H-pyrrole nitrogens is 1. The summed E-state index contributed by atoms with van der Waals surface area (Å²) < 4.78 is 0.955. The minimum absolute atomic E-state index is 0.0763. The Balaban J connectivity index is 1.76. The Hall–Kier alpha value is -4.08. The number of fused-ring (bicyclic) bond motifs is 3. The highest BCUT2D eigenvalue weighted by Crippen LogP contribution is 2.42. The molecule has 0 spiro atoms. The molecule has 0 fully saturated rings. The van der Waals surface area contributed by atoms with Crippen LogP contribution in [0.25, 0.3) is 22.4 Å². The smallest absolute Gasteiger partial charge is 0.267 e. The normalized spacial score (nSPS) is 13.1. The fourth-order valence-corrected chi connectivity index (χ4v) is 4.59. The Morgan fingerprint density at radius 2 is 1.40 bits per heavy atom. The third kappa shape index (κ3) is 2.98. The van der Waals surface area contributed by atoms with Gasteiger partial charge in [-0.25, -0.2) is 0 Å². The Labute approximate surface area is 175 Å². The Morgan fingerprint density at radius 3 is 2.00 bits per heavy atom. The fourth-order valence-electron chi connectivity index (χ4n) is 3.59. The molecule has 0 radical (unpaired) electrons. The van der Waals surface area contributed by atoms with E-state index >= 15 is 0 Å². The van der Waals surface area contributed by atoms with Crippen LogP contribution in [0.15, 0.2) is 93.9 Å². The number of aromatic amines is 1. The van der Waals surface area contributed by atoms with Gasteiger partial charge >= 0.3 is 0 Å². The highest BCUT2D eigenvalue weighted by atomic mass is 32.1. The monoisotopic (exact) mass is 406 g/mol. The molecule has 1 aliphatic carbocycles. The molecule has 4 aromatic rings. The van der Waals surface area contributed by atoms with E-state index < -0.39 is 0 Å². The lowest BCUT2D eigenvalue weighted by Gasteiger charge is -1.99. The van der Waals surface area contributed by atoms with Gasteiger partial charge in [-0.15, -0.1) is 21.6 Å². The average molecular weight is 406 g/mol. The highest BCUT2D eigenvalue weighted by Gasteiger charge is 2.24. The molecule has 1 aliphatic rings. The standard InChI is InChI=1S/C24H14N4OS/c25-14-20(28-27-15-8-2-1-3-9-15)24-26-23(29)22(30-24)21-18-12-6-4-10-16(18)17-11-5-7-13-19(17)21/h1-13H,(H,26,29)/b24-20-,28-27?. The Bertz CT molecular complexity index is 1470. The van der Waals surface area contributed by atoms with Crippen molar-refractivity contribution in [2.75, 3.05) is 0 Å². The van der Waals surface area contributed by atoms with Gasteiger partial charge in [0.2, 0.25) is 0 Å². The van der Waals surface area contributed by atoms with Gasteiger partial charge in [-0.3, -0.25) is 4.79 Å². The molecule has 5 nitrogen and oxygen atoms in total. The second-order valence-corrected chi connectivity index (χ2v) is 7.70. The molecule has 6 heteroatoms. The quantitative estimate of drug-likeness (QED) is 0.448. The van der Waals surface area contributed by atoms with Gasteiger partial charge in [-0.1, -0.05) is 66.7 Å². The van der Waals surface area contributed by atoms with Crippen LogP contribution in [0.1, 0.15) is 11.1 Å².